The molecule has 3 aromatic carbocycles. The minimum absolute atomic E-state index is 0.00820. The number of amides is 3. The van der Waals surface area contributed by atoms with Crippen molar-refractivity contribution >= 4 is 66.6 Å². The van der Waals surface area contributed by atoms with Crippen LogP contribution in [0.3, 0.4) is 0 Å². The topological polar surface area (TPSA) is 119 Å². The number of carbonyl (C=O) groups is 3. The number of hydrogen-bond acceptors (Lipinski definition) is 8. The second kappa shape index (κ2) is 11.6. The number of hydrogen-bond donors (Lipinski definition) is 1. The Bertz CT molecular complexity index is 1590. The van der Waals surface area contributed by atoms with Gasteiger partial charge in [0, 0.05) is 12.6 Å². The Morgan fingerprint density at radius 3 is 2.38 bits per heavy atom. The Morgan fingerprint density at radius 2 is 1.77 bits per heavy atom. The molecule has 39 heavy (non-hydrogen) atoms. The van der Waals surface area contributed by atoms with Crippen LogP contribution >= 0.6 is 27.7 Å². The summed E-state index contributed by atoms with van der Waals surface area (Å²) in [5.74, 6) is -1.31. The van der Waals surface area contributed by atoms with Gasteiger partial charge in [0.15, 0.2) is 11.5 Å². The molecule has 1 aliphatic rings. The van der Waals surface area contributed by atoms with Gasteiger partial charge >= 0.3 is 10.1 Å². The van der Waals surface area contributed by atoms with Crippen LogP contribution in [-0.4, -0.2) is 37.5 Å². The Balaban J connectivity index is 1.56. The van der Waals surface area contributed by atoms with E-state index in [1.807, 2.05) is 0 Å². The van der Waals surface area contributed by atoms with Crippen molar-refractivity contribution < 1.29 is 36.1 Å². The number of methoxy groups -OCH3 is 1. The fraction of sp³-hybridized carbons (Fsp3) is 0.115. The fourth-order valence-electron chi connectivity index (χ4n) is 3.53. The molecule has 0 radical (unpaired) electrons. The number of nitrogens with one attached hydrogen (secondary N) is 1. The molecule has 0 unspecified atom stereocenters. The largest absolute Gasteiger partial charge is 0.493 e. The Kier molecular flexibility index (Phi) is 8.42. The lowest BCUT2D eigenvalue weighted by atomic mass is 10.1. The van der Waals surface area contributed by atoms with E-state index in [9.17, 15) is 27.2 Å². The zero-order chi connectivity index (χ0) is 28.3. The molecular formula is C26H20BrFN2O7S2. The highest BCUT2D eigenvalue weighted by molar-refractivity contribution is 9.10. The summed E-state index contributed by atoms with van der Waals surface area (Å²) < 4.78 is 49.9. The van der Waals surface area contributed by atoms with Crippen molar-refractivity contribution in [1.82, 2.24) is 4.90 Å². The Labute approximate surface area is 236 Å². The van der Waals surface area contributed by atoms with Crippen molar-refractivity contribution in [2.45, 2.75) is 18.4 Å². The molecule has 3 amide bonds. The van der Waals surface area contributed by atoms with Gasteiger partial charge in [-0.1, -0.05) is 12.1 Å². The van der Waals surface area contributed by atoms with E-state index in [2.05, 4.69) is 21.2 Å². The summed E-state index contributed by atoms with van der Waals surface area (Å²) in [5, 5.41) is 2.07. The van der Waals surface area contributed by atoms with Gasteiger partial charge in [-0.3, -0.25) is 19.3 Å². The van der Waals surface area contributed by atoms with Gasteiger partial charge in [0.05, 0.1) is 23.0 Å². The van der Waals surface area contributed by atoms with E-state index < -0.39 is 27.1 Å². The zero-order valence-electron chi connectivity index (χ0n) is 20.4. The molecule has 1 N–H and O–H groups in total. The predicted molar refractivity (Wildman–Crippen MR) is 147 cm³/mol. The summed E-state index contributed by atoms with van der Waals surface area (Å²) in [7, 11) is -2.95. The maximum absolute atomic E-state index is 13.2. The third-order valence-corrected chi connectivity index (χ3v) is 8.07. The molecule has 1 aliphatic heterocycles. The third-order valence-electron chi connectivity index (χ3n) is 5.33. The molecule has 1 fully saturated rings. The van der Waals surface area contributed by atoms with Crippen LogP contribution in [0.5, 0.6) is 11.5 Å². The summed E-state index contributed by atoms with van der Waals surface area (Å²) in [6, 6.07) is 13.9. The van der Waals surface area contributed by atoms with Gasteiger partial charge in [0.2, 0.25) is 5.91 Å². The van der Waals surface area contributed by atoms with Crippen LogP contribution in [0.4, 0.5) is 14.9 Å². The lowest BCUT2D eigenvalue weighted by molar-refractivity contribution is -0.123. The molecule has 1 saturated heterocycles. The van der Waals surface area contributed by atoms with Gasteiger partial charge in [0.1, 0.15) is 10.7 Å². The fourth-order valence-corrected chi connectivity index (χ4v) is 5.97. The summed E-state index contributed by atoms with van der Waals surface area (Å²) >= 11 is 4.04. The average molecular weight is 635 g/mol. The molecule has 202 valence electrons. The standard InChI is InChI=1S/C26H20BrFN2O7S2/c1-15(31)29-19-7-9-20(10-8-19)39(34,35)37-24-21(27)11-17(12-22(24)36-2)13-23-25(32)30(26(33)38-23)14-16-3-5-18(28)6-4-16/h3-13H,14H2,1-2H3,(H,29,31)/b23-13-. The van der Waals surface area contributed by atoms with Crippen LogP contribution in [-0.2, 0) is 26.3 Å². The van der Waals surface area contributed by atoms with E-state index in [1.54, 1.807) is 0 Å². The molecule has 3 aromatic rings. The van der Waals surface area contributed by atoms with Gasteiger partial charge in [-0.2, -0.15) is 8.42 Å². The first kappa shape index (κ1) is 28.3. The van der Waals surface area contributed by atoms with E-state index in [4.69, 9.17) is 8.92 Å². The molecule has 0 atom stereocenters. The number of thioether (sulfide) groups is 1. The lowest BCUT2D eigenvalue weighted by Crippen LogP contribution is -2.27. The number of carbonyl (C=O) groups excluding carboxylic acids is 3. The predicted octanol–water partition coefficient (Wildman–Crippen LogP) is 5.56. The lowest BCUT2D eigenvalue weighted by Gasteiger charge is -2.14. The smallest absolute Gasteiger partial charge is 0.339 e. The number of halogens is 2. The highest BCUT2D eigenvalue weighted by Crippen LogP contribution is 2.40. The number of rotatable bonds is 8. The molecule has 4 rings (SSSR count). The average Bonchev–Trinajstić information content (AvgIpc) is 3.13. The number of ether oxygens (including phenoxy) is 1. The number of benzene rings is 3. The van der Waals surface area contributed by atoms with Crippen LogP contribution in [0.25, 0.3) is 6.08 Å². The maximum atomic E-state index is 13.2. The first-order valence-corrected chi connectivity index (χ1v) is 14.2. The van der Waals surface area contributed by atoms with Crippen molar-refractivity contribution in [3.05, 3.63) is 87.0 Å². The van der Waals surface area contributed by atoms with Gasteiger partial charge in [0.25, 0.3) is 11.1 Å². The summed E-state index contributed by atoms with van der Waals surface area (Å²) in [6.45, 7) is 1.33. The van der Waals surface area contributed by atoms with Gasteiger partial charge in [-0.05, 0) is 93.4 Å². The first-order chi connectivity index (χ1) is 18.5. The van der Waals surface area contributed by atoms with Crippen LogP contribution in [0.1, 0.15) is 18.1 Å². The van der Waals surface area contributed by atoms with Crippen molar-refractivity contribution in [3.8, 4) is 11.5 Å². The van der Waals surface area contributed by atoms with Crippen LogP contribution in [0.15, 0.2) is 74.9 Å². The highest BCUT2D eigenvalue weighted by Gasteiger charge is 2.35. The van der Waals surface area contributed by atoms with Crippen molar-refractivity contribution in [2.24, 2.45) is 0 Å². The molecule has 0 aromatic heterocycles. The second-order valence-electron chi connectivity index (χ2n) is 8.17. The normalized spacial score (nSPS) is 14.6. The monoisotopic (exact) mass is 634 g/mol. The van der Waals surface area contributed by atoms with Gasteiger partial charge in [-0.15, -0.1) is 0 Å². The quantitative estimate of drug-likeness (QED) is 0.253. The summed E-state index contributed by atoms with van der Waals surface area (Å²) in [4.78, 5) is 37.6. The number of imide groups is 1. The molecule has 0 spiro atoms. The Hall–Kier alpha value is -3.68. The summed E-state index contributed by atoms with van der Waals surface area (Å²) in [6.07, 6.45) is 1.47. The molecule has 0 aliphatic carbocycles. The molecule has 9 nitrogen and oxygen atoms in total. The molecule has 0 saturated carbocycles. The minimum atomic E-state index is -4.28. The van der Waals surface area contributed by atoms with Crippen molar-refractivity contribution in [3.63, 3.8) is 0 Å². The zero-order valence-corrected chi connectivity index (χ0v) is 23.7. The van der Waals surface area contributed by atoms with E-state index in [0.717, 1.165) is 16.7 Å². The number of nitrogens with zero attached hydrogens (tertiary/aromatic N) is 1. The van der Waals surface area contributed by atoms with Gasteiger partial charge < -0.3 is 14.2 Å². The highest BCUT2D eigenvalue weighted by atomic mass is 79.9. The maximum Gasteiger partial charge on any atom is 0.339 e. The SMILES string of the molecule is COc1cc(/C=C2\SC(=O)N(Cc3ccc(F)cc3)C2=O)cc(Br)c1OS(=O)(=O)c1ccc(NC(C)=O)cc1. The summed E-state index contributed by atoms with van der Waals surface area (Å²) in [5.41, 5.74) is 1.46. The van der Waals surface area contributed by atoms with E-state index >= 15 is 0 Å². The molecule has 13 heteroatoms. The van der Waals surface area contributed by atoms with Gasteiger partial charge in [-0.25, -0.2) is 4.39 Å². The molecule has 0 bridgehead atoms. The molecular weight excluding hydrogens is 615 g/mol. The van der Waals surface area contributed by atoms with E-state index in [1.165, 1.54) is 80.8 Å². The van der Waals surface area contributed by atoms with Crippen LogP contribution in [0.2, 0.25) is 0 Å². The molecule has 1 heterocycles. The van der Waals surface area contributed by atoms with Crippen LogP contribution in [0, 0.1) is 5.82 Å². The van der Waals surface area contributed by atoms with Crippen molar-refractivity contribution in [2.75, 3.05) is 12.4 Å². The Morgan fingerprint density at radius 1 is 1.10 bits per heavy atom. The van der Waals surface area contributed by atoms with Crippen LogP contribution < -0.4 is 14.2 Å². The third kappa shape index (κ3) is 6.67. The van der Waals surface area contributed by atoms with E-state index in [-0.39, 0.29) is 38.2 Å². The van der Waals surface area contributed by atoms with E-state index in [0.29, 0.717) is 16.8 Å². The van der Waals surface area contributed by atoms with Crippen molar-refractivity contribution in [1.29, 1.82) is 0 Å². The minimum Gasteiger partial charge on any atom is -0.493 e. The number of anilines is 1. The second-order valence-corrected chi connectivity index (χ2v) is 11.6. The first-order valence-electron chi connectivity index (χ1n) is 11.2.